The van der Waals surface area contributed by atoms with E-state index in [1.54, 1.807) is 0 Å². The molecule has 2 aliphatic rings. The van der Waals surface area contributed by atoms with Crippen molar-refractivity contribution in [1.29, 1.82) is 0 Å². The largest absolute Gasteiger partial charge is 0.331 e. The number of carbonyl (C=O) groups excluding carboxylic acids is 1. The van der Waals surface area contributed by atoms with Crippen LogP contribution in [0.4, 0.5) is 5.69 Å². The topological polar surface area (TPSA) is 71.0 Å². The van der Waals surface area contributed by atoms with Gasteiger partial charge in [0.2, 0.25) is 5.91 Å². The number of fused-ring (bicyclic) bond motifs is 2. The van der Waals surface area contributed by atoms with Crippen LogP contribution in [0, 0.1) is 5.92 Å². The number of anilines is 1. The standard InChI is InChI=1S/C18H25N5O/c1-10(2)17-20-14-9-11(7-8-15(14)23(17)3)19-18(24)16-12-5-4-6-13(12)21-22-16/h7-10,12-13,16,21-22H,4-6H2,1-3H3,(H,19,24). The first-order chi connectivity index (χ1) is 11.5. The van der Waals surface area contributed by atoms with Crippen LogP contribution in [0.25, 0.3) is 11.0 Å². The summed E-state index contributed by atoms with van der Waals surface area (Å²) in [5, 5.41) is 3.06. The van der Waals surface area contributed by atoms with Gasteiger partial charge in [0.25, 0.3) is 0 Å². The van der Waals surface area contributed by atoms with E-state index in [0.29, 0.717) is 17.9 Å². The van der Waals surface area contributed by atoms with Crippen molar-refractivity contribution in [2.45, 2.75) is 51.1 Å². The Hall–Kier alpha value is -1.92. The summed E-state index contributed by atoms with van der Waals surface area (Å²) < 4.78 is 2.12. The molecule has 1 aliphatic carbocycles. The van der Waals surface area contributed by atoms with Gasteiger partial charge in [-0.1, -0.05) is 20.3 Å². The molecule has 6 heteroatoms. The minimum atomic E-state index is -0.150. The monoisotopic (exact) mass is 327 g/mol. The second kappa shape index (κ2) is 5.86. The SMILES string of the molecule is CC(C)c1nc2cc(NC(=O)C3NNC4CCCC43)ccc2n1C. The summed E-state index contributed by atoms with van der Waals surface area (Å²) in [6, 6.07) is 6.24. The van der Waals surface area contributed by atoms with Crippen molar-refractivity contribution in [1.82, 2.24) is 20.4 Å². The van der Waals surface area contributed by atoms with Gasteiger partial charge in [-0.15, -0.1) is 0 Å². The number of aryl methyl sites for hydroxylation is 1. The van der Waals surface area contributed by atoms with E-state index >= 15 is 0 Å². The molecule has 3 N–H and O–H groups in total. The first-order valence-electron chi connectivity index (χ1n) is 8.83. The Labute approximate surface area is 142 Å². The highest BCUT2D eigenvalue weighted by atomic mass is 16.2. The highest BCUT2D eigenvalue weighted by molar-refractivity contribution is 5.97. The van der Waals surface area contributed by atoms with Crippen molar-refractivity contribution < 1.29 is 4.79 Å². The van der Waals surface area contributed by atoms with Gasteiger partial charge in [-0.2, -0.15) is 0 Å². The van der Waals surface area contributed by atoms with E-state index in [2.05, 4.69) is 34.6 Å². The minimum absolute atomic E-state index is 0.0382. The maximum absolute atomic E-state index is 12.6. The van der Waals surface area contributed by atoms with E-state index in [-0.39, 0.29) is 11.9 Å². The number of nitrogens with zero attached hydrogens (tertiary/aromatic N) is 2. The summed E-state index contributed by atoms with van der Waals surface area (Å²) >= 11 is 0. The third kappa shape index (κ3) is 2.50. The molecule has 2 aromatic rings. The van der Waals surface area contributed by atoms with Crippen molar-refractivity contribution in [2.24, 2.45) is 13.0 Å². The summed E-state index contributed by atoms with van der Waals surface area (Å²) in [6.07, 6.45) is 3.46. The van der Waals surface area contributed by atoms with Crippen LogP contribution < -0.4 is 16.2 Å². The van der Waals surface area contributed by atoms with Gasteiger partial charge in [-0.3, -0.25) is 10.2 Å². The average molecular weight is 327 g/mol. The number of amides is 1. The summed E-state index contributed by atoms with van der Waals surface area (Å²) in [4.78, 5) is 17.3. The Morgan fingerprint density at radius 1 is 1.33 bits per heavy atom. The minimum Gasteiger partial charge on any atom is -0.331 e. The lowest BCUT2D eigenvalue weighted by Gasteiger charge is -2.16. The smallest absolute Gasteiger partial charge is 0.243 e. The average Bonchev–Trinajstić information content (AvgIpc) is 3.21. The molecule has 4 rings (SSSR count). The molecular formula is C18H25N5O. The predicted octanol–water partition coefficient (Wildman–Crippen LogP) is 2.28. The van der Waals surface area contributed by atoms with Gasteiger partial charge in [-0.25, -0.2) is 10.4 Å². The number of rotatable bonds is 3. The number of benzene rings is 1. The molecular weight excluding hydrogens is 302 g/mol. The quantitative estimate of drug-likeness (QED) is 0.809. The van der Waals surface area contributed by atoms with E-state index in [0.717, 1.165) is 35.4 Å². The number of aromatic nitrogens is 2. The molecule has 0 radical (unpaired) electrons. The highest BCUT2D eigenvalue weighted by Crippen LogP contribution is 2.32. The molecule has 1 amide bonds. The van der Waals surface area contributed by atoms with Gasteiger partial charge in [0.05, 0.1) is 11.0 Å². The Kier molecular flexibility index (Phi) is 3.81. The third-order valence-corrected chi connectivity index (χ3v) is 5.40. The molecule has 1 saturated heterocycles. The third-order valence-electron chi connectivity index (χ3n) is 5.40. The fraction of sp³-hybridized carbons (Fsp3) is 0.556. The van der Waals surface area contributed by atoms with Crippen molar-refractivity contribution in [3.63, 3.8) is 0 Å². The van der Waals surface area contributed by atoms with E-state index < -0.39 is 0 Å². The van der Waals surface area contributed by atoms with Crippen LogP contribution in [0.5, 0.6) is 0 Å². The van der Waals surface area contributed by atoms with E-state index in [4.69, 9.17) is 4.98 Å². The van der Waals surface area contributed by atoms with Gasteiger partial charge in [0, 0.05) is 30.6 Å². The molecule has 3 atom stereocenters. The fourth-order valence-electron chi connectivity index (χ4n) is 4.16. The Bertz CT molecular complexity index is 781. The summed E-state index contributed by atoms with van der Waals surface area (Å²) in [7, 11) is 2.04. The second-order valence-electron chi connectivity index (χ2n) is 7.34. The Balaban J connectivity index is 1.55. The number of carbonyl (C=O) groups is 1. The maximum atomic E-state index is 12.6. The molecule has 1 aliphatic heterocycles. The molecule has 1 aromatic heterocycles. The highest BCUT2D eigenvalue weighted by Gasteiger charge is 2.42. The molecule has 1 aromatic carbocycles. The molecule has 6 nitrogen and oxygen atoms in total. The number of nitrogens with one attached hydrogen (secondary N) is 3. The zero-order valence-corrected chi connectivity index (χ0v) is 14.5. The van der Waals surface area contributed by atoms with E-state index in [1.165, 1.54) is 6.42 Å². The Morgan fingerprint density at radius 2 is 2.17 bits per heavy atom. The molecule has 2 heterocycles. The first kappa shape index (κ1) is 15.6. The molecule has 128 valence electrons. The zero-order valence-electron chi connectivity index (χ0n) is 14.5. The van der Waals surface area contributed by atoms with Crippen molar-refractivity contribution in [3.8, 4) is 0 Å². The summed E-state index contributed by atoms with van der Waals surface area (Å²) in [6.45, 7) is 4.28. The molecule has 0 bridgehead atoms. The maximum Gasteiger partial charge on any atom is 0.243 e. The number of imidazole rings is 1. The van der Waals surface area contributed by atoms with Crippen LogP contribution in [0.3, 0.4) is 0 Å². The first-order valence-corrected chi connectivity index (χ1v) is 8.83. The van der Waals surface area contributed by atoms with Gasteiger partial charge >= 0.3 is 0 Å². The number of hydrogen-bond acceptors (Lipinski definition) is 4. The van der Waals surface area contributed by atoms with Crippen LogP contribution in [-0.4, -0.2) is 27.5 Å². The molecule has 1 saturated carbocycles. The lowest BCUT2D eigenvalue weighted by atomic mass is 9.96. The van der Waals surface area contributed by atoms with E-state index in [9.17, 15) is 4.79 Å². The van der Waals surface area contributed by atoms with Crippen molar-refractivity contribution >= 4 is 22.6 Å². The second-order valence-corrected chi connectivity index (χ2v) is 7.34. The number of hydrazine groups is 1. The summed E-state index contributed by atoms with van der Waals surface area (Å²) in [5.74, 6) is 1.87. The number of hydrogen-bond donors (Lipinski definition) is 3. The Morgan fingerprint density at radius 3 is 2.96 bits per heavy atom. The van der Waals surface area contributed by atoms with Crippen LogP contribution >= 0.6 is 0 Å². The normalized spacial score (nSPS) is 26.2. The molecule has 2 fully saturated rings. The summed E-state index contributed by atoms with van der Waals surface area (Å²) in [5.41, 5.74) is 9.25. The predicted molar refractivity (Wildman–Crippen MR) is 94.6 cm³/mol. The fourth-order valence-corrected chi connectivity index (χ4v) is 4.16. The van der Waals surface area contributed by atoms with Gasteiger partial charge in [0.1, 0.15) is 11.9 Å². The van der Waals surface area contributed by atoms with Crippen LogP contribution in [-0.2, 0) is 11.8 Å². The van der Waals surface area contributed by atoms with Crippen LogP contribution in [0.1, 0.15) is 44.9 Å². The van der Waals surface area contributed by atoms with Gasteiger partial charge < -0.3 is 9.88 Å². The zero-order chi connectivity index (χ0) is 16.8. The van der Waals surface area contributed by atoms with Gasteiger partial charge in [0.15, 0.2) is 0 Å². The molecule has 24 heavy (non-hydrogen) atoms. The van der Waals surface area contributed by atoms with Gasteiger partial charge in [-0.05, 0) is 31.0 Å². The van der Waals surface area contributed by atoms with E-state index in [1.807, 2.05) is 25.2 Å². The lowest BCUT2D eigenvalue weighted by Crippen LogP contribution is -2.42. The molecule has 3 unspecified atom stereocenters. The van der Waals surface area contributed by atoms with Crippen LogP contribution in [0.2, 0.25) is 0 Å². The molecule has 0 spiro atoms. The van der Waals surface area contributed by atoms with Crippen molar-refractivity contribution in [3.05, 3.63) is 24.0 Å². The lowest BCUT2D eigenvalue weighted by molar-refractivity contribution is -0.118. The van der Waals surface area contributed by atoms with Crippen molar-refractivity contribution in [2.75, 3.05) is 5.32 Å². The van der Waals surface area contributed by atoms with Crippen LogP contribution in [0.15, 0.2) is 18.2 Å².